The first-order chi connectivity index (χ1) is 6.70. The van der Waals surface area contributed by atoms with Crippen molar-refractivity contribution in [1.82, 2.24) is 10.6 Å². The summed E-state index contributed by atoms with van der Waals surface area (Å²) in [6.45, 7) is 10.1. The minimum Gasteiger partial charge on any atom is -0.352 e. The second-order valence-electron chi connectivity index (χ2n) is 3.24. The molecule has 1 unspecified atom stereocenters. The fourth-order valence-electron chi connectivity index (χ4n) is 0.985. The Morgan fingerprint density at radius 2 is 2.14 bits per heavy atom. The molecule has 0 aromatic rings. The van der Waals surface area contributed by atoms with E-state index in [4.69, 9.17) is 0 Å². The van der Waals surface area contributed by atoms with E-state index in [1.54, 1.807) is 6.08 Å². The van der Waals surface area contributed by atoms with Crippen LogP contribution in [0.3, 0.4) is 0 Å². The lowest BCUT2D eigenvalue weighted by Crippen LogP contribution is -2.37. The van der Waals surface area contributed by atoms with Gasteiger partial charge in [0, 0.05) is 12.6 Å². The highest BCUT2D eigenvalue weighted by Crippen LogP contribution is 1.95. The van der Waals surface area contributed by atoms with Crippen LogP contribution in [0.2, 0.25) is 0 Å². The molecule has 0 saturated heterocycles. The minimum atomic E-state index is 0.00959. The van der Waals surface area contributed by atoms with Crippen LogP contribution >= 0.6 is 0 Å². The third-order valence-corrected chi connectivity index (χ3v) is 1.86. The van der Waals surface area contributed by atoms with E-state index in [9.17, 15) is 4.79 Å². The fraction of sp³-hybridized carbons (Fsp3) is 0.545. The van der Waals surface area contributed by atoms with Crippen molar-refractivity contribution in [2.75, 3.05) is 13.1 Å². The summed E-state index contributed by atoms with van der Waals surface area (Å²) in [4.78, 5) is 11.1. The van der Waals surface area contributed by atoms with Gasteiger partial charge in [-0.1, -0.05) is 12.2 Å². The maximum Gasteiger partial charge on any atom is 0.234 e. The molecule has 0 bridgehead atoms. The van der Waals surface area contributed by atoms with E-state index in [0.717, 1.165) is 12.8 Å². The number of amides is 1. The second kappa shape index (κ2) is 8.51. The SMILES string of the molecule is C=CCCC(C)NCC(=O)NCC=C. The molecular formula is C11H20N2O. The second-order valence-corrected chi connectivity index (χ2v) is 3.24. The first-order valence-corrected chi connectivity index (χ1v) is 4.92. The topological polar surface area (TPSA) is 41.1 Å². The highest BCUT2D eigenvalue weighted by Gasteiger charge is 2.03. The lowest BCUT2D eigenvalue weighted by Gasteiger charge is -2.11. The number of nitrogens with one attached hydrogen (secondary N) is 2. The molecule has 0 aliphatic rings. The van der Waals surface area contributed by atoms with Gasteiger partial charge in [-0.3, -0.25) is 4.79 Å². The first kappa shape index (κ1) is 12.9. The highest BCUT2D eigenvalue weighted by atomic mass is 16.1. The molecule has 1 atom stereocenters. The Kier molecular flexibility index (Phi) is 7.84. The van der Waals surface area contributed by atoms with Crippen LogP contribution in [0.5, 0.6) is 0 Å². The van der Waals surface area contributed by atoms with E-state index in [-0.39, 0.29) is 5.91 Å². The Labute approximate surface area is 86.3 Å². The standard InChI is InChI=1S/C11H20N2O/c1-4-6-7-10(3)13-9-11(14)12-8-5-2/h4-5,10,13H,1-2,6-9H2,3H3,(H,12,14). The highest BCUT2D eigenvalue weighted by molar-refractivity contribution is 5.78. The van der Waals surface area contributed by atoms with Crippen molar-refractivity contribution in [2.45, 2.75) is 25.8 Å². The summed E-state index contributed by atoms with van der Waals surface area (Å²) >= 11 is 0. The summed E-state index contributed by atoms with van der Waals surface area (Å²) in [5, 5.41) is 5.84. The first-order valence-electron chi connectivity index (χ1n) is 4.92. The molecule has 0 saturated carbocycles. The number of hydrogen-bond donors (Lipinski definition) is 2. The zero-order valence-electron chi connectivity index (χ0n) is 8.88. The summed E-state index contributed by atoms with van der Waals surface area (Å²) in [6.07, 6.45) is 5.54. The summed E-state index contributed by atoms with van der Waals surface area (Å²) < 4.78 is 0. The Balaban J connectivity index is 3.44. The Morgan fingerprint density at radius 3 is 2.71 bits per heavy atom. The molecule has 0 aromatic heterocycles. The predicted octanol–water partition coefficient (Wildman–Crippen LogP) is 1.23. The smallest absolute Gasteiger partial charge is 0.234 e. The van der Waals surface area contributed by atoms with Crippen molar-refractivity contribution in [3.63, 3.8) is 0 Å². The maximum atomic E-state index is 11.1. The molecule has 0 heterocycles. The van der Waals surface area contributed by atoms with E-state index in [1.807, 2.05) is 6.08 Å². The van der Waals surface area contributed by atoms with Gasteiger partial charge in [-0.25, -0.2) is 0 Å². The van der Waals surface area contributed by atoms with Gasteiger partial charge in [-0.2, -0.15) is 0 Å². The average Bonchev–Trinajstić information content (AvgIpc) is 2.20. The van der Waals surface area contributed by atoms with Crippen molar-refractivity contribution in [2.24, 2.45) is 0 Å². The molecule has 3 heteroatoms. The van der Waals surface area contributed by atoms with Crippen LogP contribution < -0.4 is 10.6 Å². The van der Waals surface area contributed by atoms with E-state index in [2.05, 4.69) is 30.7 Å². The monoisotopic (exact) mass is 196 g/mol. The van der Waals surface area contributed by atoms with Crippen LogP contribution in [0.15, 0.2) is 25.3 Å². The number of hydrogen-bond acceptors (Lipinski definition) is 2. The summed E-state index contributed by atoms with van der Waals surface area (Å²) in [6, 6.07) is 0.350. The van der Waals surface area contributed by atoms with Crippen molar-refractivity contribution >= 4 is 5.91 Å². The lowest BCUT2D eigenvalue weighted by atomic mass is 10.2. The molecule has 0 radical (unpaired) electrons. The van der Waals surface area contributed by atoms with E-state index in [1.165, 1.54) is 0 Å². The van der Waals surface area contributed by atoms with Crippen molar-refractivity contribution in [3.05, 3.63) is 25.3 Å². The van der Waals surface area contributed by atoms with Crippen LogP contribution in [-0.4, -0.2) is 25.0 Å². The lowest BCUT2D eigenvalue weighted by molar-refractivity contribution is -0.120. The van der Waals surface area contributed by atoms with Crippen LogP contribution in [0.25, 0.3) is 0 Å². The Bertz CT molecular complexity index is 190. The molecular weight excluding hydrogens is 176 g/mol. The van der Waals surface area contributed by atoms with Gasteiger partial charge in [0.05, 0.1) is 6.54 Å². The van der Waals surface area contributed by atoms with Gasteiger partial charge >= 0.3 is 0 Å². The molecule has 3 nitrogen and oxygen atoms in total. The molecule has 0 fully saturated rings. The normalized spacial score (nSPS) is 11.8. The summed E-state index contributed by atoms with van der Waals surface area (Å²) in [5.41, 5.74) is 0. The Hall–Kier alpha value is -1.09. The van der Waals surface area contributed by atoms with Gasteiger partial charge in [0.2, 0.25) is 5.91 Å². The van der Waals surface area contributed by atoms with Crippen LogP contribution in [-0.2, 0) is 4.79 Å². The maximum absolute atomic E-state index is 11.1. The number of rotatable bonds is 8. The molecule has 0 aliphatic carbocycles. The largest absolute Gasteiger partial charge is 0.352 e. The molecule has 14 heavy (non-hydrogen) atoms. The molecule has 2 N–H and O–H groups in total. The van der Waals surface area contributed by atoms with Gasteiger partial charge in [-0.15, -0.1) is 13.2 Å². The zero-order valence-corrected chi connectivity index (χ0v) is 8.88. The van der Waals surface area contributed by atoms with E-state index in [0.29, 0.717) is 19.1 Å². The molecule has 1 amide bonds. The minimum absolute atomic E-state index is 0.00959. The summed E-state index contributed by atoms with van der Waals surface area (Å²) in [7, 11) is 0. The van der Waals surface area contributed by atoms with Gasteiger partial charge in [0.1, 0.15) is 0 Å². The number of allylic oxidation sites excluding steroid dienone is 1. The average molecular weight is 196 g/mol. The zero-order chi connectivity index (χ0) is 10.8. The number of carbonyl (C=O) groups is 1. The molecule has 80 valence electrons. The number of carbonyl (C=O) groups excluding carboxylic acids is 1. The van der Waals surface area contributed by atoms with Crippen molar-refractivity contribution < 1.29 is 4.79 Å². The predicted molar refractivity (Wildman–Crippen MR) is 60.1 cm³/mol. The van der Waals surface area contributed by atoms with Gasteiger partial charge in [0.15, 0.2) is 0 Å². The van der Waals surface area contributed by atoms with Crippen LogP contribution in [0, 0.1) is 0 Å². The quantitative estimate of drug-likeness (QED) is 0.573. The van der Waals surface area contributed by atoms with E-state index < -0.39 is 0 Å². The van der Waals surface area contributed by atoms with Crippen LogP contribution in [0.1, 0.15) is 19.8 Å². The fourth-order valence-corrected chi connectivity index (χ4v) is 0.985. The van der Waals surface area contributed by atoms with Gasteiger partial charge < -0.3 is 10.6 Å². The van der Waals surface area contributed by atoms with Crippen molar-refractivity contribution in [3.8, 4) is 0 Å². The van der Waals surface area contributed by atoms with E-state index >= 15 is 0 Å². The molecule has 0 aromatic carbocycles. The molecule has 0 rings (SSSR count). The van der Waals surface area contributed by atoms with Gasteiger partial charge in [0.25, 0.3) is 0 Å². The Morgan fingerprint density at radius 1 is 1.43 bits per heavy atom. The third kappa shape index (κ3) is 7.55. The van der Waals surface area contributed by atoms with Crippen LogP contribution in [0.4, 0.5) is 0 Å². The third-order valence-electron chi connectivity index (χ3n) is 1.86. The van der Waals surface area contributed by atoms with Crippen molar-refractivity contribution in [1.29, 1.82) is 0 Å². The molecule has 0 aliphatic heterocycles. The van der Waals surface area contributed by atoms with Gasteiger partial charge in [-0.05, 0) is 19.8 Å². The molecule has 0 spiro atoms. The summed E-state index contributed by atoms with van der Waals surface area (Å²) in [5.74, 6) is 0.00959.